The molecule has 0 fully saturated rings. The zero-order valence-electron chi connectivity index (χ0n) is 19.6. The first-order valence-corrected chi connectivity index (χ1v) is 11.4. The van der Waals surface area contributed by atoms with E-state index in [1.54, 1.807) is 13.8 Å². The summed E-state index contributed by atoms with van der Waals surface area (Å²) in [5, 5.41) is 16.8. The summed E-state index contributed by atoms with van der Waals surface area (Å²) in [7, 11) is 0. The lowest BCUT2D eigenvalue weighted by Gasteiger charge is -2.09. The predicted molar refractivity (Wildman–Crippen MR) is 120 cm³/mol. The van der Waals surface area contributed by atoms with Crippen molar-refractivity contribution in [3.05, 3.63) is 0 Å². The molecule has 0 aromatic heterocycles. The number of carbonyl (C=O) groups excluding carboxylic acids is 2. The number of nitrogens with two attached hydrogens (primary N) is 2. The minimum absolute atomic E-state index is 0.138. The number of aliphatic carboxylic acids is 2. The monoisotopic (exact) mass is 462 g/mol. The summed E-state index contributed by atoms with van der Waals surface area (Å²) in [6.07, 6.45) is 8.43. The molecule has 6 N–H and O–H groups in total. The minimum atomic E-state index is -0.976. The minimum Gasteiger partial charge on any atom is -0.481 e. The first-order chi connectivity index (χ1) is 15.1. The molecule has 188 valence electrons. The Morgan fingerprint density at radius 2 is 1.16 bits per heavy atom. The molecule has 0 saturated heterocycles. The second kappa shape index (κ2) is 22.0. The van der Waals surface area contributed by atoms with Crippen molar-refractivity contribution < 1.29 is 38.9 Å². The van der Waals surface area contributed by atoms with Crippen LogP contribution in [0, 0.1) is 0 Å². The topological polar surface area (TPSA) is 179 Å². The van der Waals surface area contributed by atoms with E-state index in [0.717, 1.165) is 44.9 Å². The molecule has 0 amide bonds. The number of esters is 2. The maximum atomic E-state index is 11.2. The molecular weight excluding hydrogens is 420 g/mol. The Kier molecular flexibility index (Phi) is 22.0. The van der Waals surface area contributed by atoms with Gasteiger partial charge < -0.3 is 31.2 Å². The lowest BCUT2D eigenvalue weighted by molar-refractivity contribution is -0.145. The third-order valence-corrected chi connectivity index (χ3v) is 4.51. The van der Waals surface area contributed by atoms with E-state index in [2.05, 4.69) is 0 Å². The van der Waals surface area contributed by atoms with Crippen LogP contribution in [-0.2, 0) is 28.7 Å². The Morgan fingerprint density at radius 1 is 0.688 bits per heavy atom. The van der Waals surface area contributed by atoms with Crippen LogP contribution in [-0.4, -0.2) is 59.4 Å². The highest BCUT2D eigenvalue weighted by molar-refractivity contribution is 5.75. The Hall–Kier alpha value is -2.20. The molecule has 2 atom stereocenters. The Bertz CT molecular complexity index is 528. The second-order valence-corrected chi connectivity index (χ2v) is 7.41. The SMILES string of the molecule is CCOC(=O)CCCCCCC(N)C(=O)OCC.N[C@@H](CCCCCCC(=O)O)C(=O)O. The van der Waals surface area contributed by atoms with E-state index in [4.69, 9.17) is 31.2 Å². The standard InChI is InChI=1S/C13H25NO4.C9H17NO4/c1-3-17-12(15)10-8-6-5-7-9-11(14)13(16)18-4-2;10-7(9(13)14)5-3-1-2-4-6-8(11)12/h11H,3-10,14H2,1-2H3;7H,1-6,10H2,(H,11,12)(H,13,14)/t;7-/m.0/s1. The van der Waals surface area contributed by atoms with Crippen LogP contribution in [0.2, 0.25) is 0 Å². The van der Waals surface area contributed by atoms with Gasteiger partial charge in [-0.1, -0.05) is 38.5 Å². The van der Waals surface area contributed by atoms with E-state index >= 15 is 0 Å². The molecule has 0 aromatic rings. The summed E-state index contributed by atoms with van der Waals surface area (Å²) < 4.78 is 9.64. The van der Waals surface area contributed by atoms with Crippen molar-refractivity contribution in [2.45, 2.75) is 103 Å². The Balaban J connectivity index is 0. The lowest BCUT2D eigenvalue weighted by atomic mass is 10.1. The summed E-state index contributed by atoms with van der Waals surface area (Å²) in [5.41, 5.74) is 10.9. The molecule has 0 aliphatic heterocycles. The van der Waals surface area contributed by atoms with Crippen molar-refractivity contribution in [2.75, 3.05) is 13.2 Å². The van der Waals surface area contributed by atoms with E-state index in [-0.39, 0.29) is 18.4 Å². The Labute approximate surface area is 191 Å². The molecule has 10 nitrogen and oxygen atoms in total. The molecule has 0 aromatic carbocycles. The van der Waals surface area contributed by atoms with Crippen LogP contribution in [0.15, 0.2) is 0 Å². The fraction of sp³-hybridized carbons (Fsp3) is 0.818. The normalized spacial score (nSPS) is 12.1. The number of carboxylic acid groups (broad SMARTS) is 2. The van der Waals surface area contributed by atoms with E-state index in [1.165, 1.54) is 0 Å². The Morgan fingerprint density at radius 3 is 1.62 bits per heavy atom. The highest BCUT2D eigenvalue weighted by atomic mass is 16.5. The van der Waals surface area contributed by atoms with Crippen molar-refractivity contribution in [1.29, 1.82) is 0 Å². The quantitative estimate of drug-likeness (QED) is 0.175. The zero-order valence-corrected chi connectivity index (χ0v) is 19.6. The van der Waals surface area contributed by atoms with E-state index < -0.39 is 24.0 Å². The van der Waals surface area contributed by atoms with E-state index in [9.17, 15) is 19.2 Å². The van der Waals surface area contributed by atoms with Gasteiger partial charge in [0.15, 0.2) is 0 Å². The largest absolute Gasteiger partial charge is 0.481 e. The van der Waals surface area contributed by atoms with Gasteiger partial charge in [0.25, 0.3) is 0 Å². The average molecular weight is 463 g/mol. The van der Waals surface area contributed by atoms with Crippen LogP contribution in [0.5, 0.6) is 0 Å². The van der Waals surface area contributed by atoms with Gasteiger partial charge in [-0.2, -0.15) is 0 Å². The number of unbranched alkanes of at least 4 members (excludes halogenated alkanes) is 6. The molecule has 10 heteroatoms. The van der Waals surface area contributed by atoms with Gasteiger partial charge in [-0.25, -0.2) is 0 Å². The van der Waals surface area contributed by atoms with Crippen molar-refractivity contribution in [2.24, 2.45) is 11.5 Å². The van der Waals surface area contributed by atoms with Crippen LogP contribution in [0.3, 0.4) is 0 Å². The number of hydrogen-bond donors (Lipinski definition) is 4. The van der Waals surface area contributed by atoms with Crippen LogP contribution in [0.25, 0.3) is 0 Å². The summed E-state index contributed by atoms with van der Waals surface area (Å²) in [6.45, 7) is 4.37. The van der Waals surface area contributed by atoms with Gasteiger partial charge in [-0.15, -0.1) is 0 Å². The molecule has 0 rings (SSSR count). The van der Waals surface area contributed by atoms with Gasteiger partial charge in [0, 0.05) is 12.8 Å². The first-order valence-electron chi connectivity index (χ1n) is 11.4. The van der Waals surface area contributed by atoms with Crippen LogP contribution >= 0.6 is 0 Å². The van der Waals surface area contributed by atoms with Gasteiger partial charge in [-0.05, 0) is 39.5 Å². The van der Waals surface area contributed by atoms with E-state index in [0.29, 0.717) is 38.9 Å². The molecule has 0 heterocycles. The molecule has 0 aliphatic carbocycles. The third-order valence-electron chi connectivity index (χ3n) is 4.51. The number of hydrogen-bond acceptors (Lipinski definition) is 8. The highest BCUT2D eigenvalue weighted by Gasteiger charge is 2.13. The fourth-order valence-corrected chi connectivity index (χ4v) is 2.70. The summed E-state index contributed by atoms with van der Waals surface area (Å²) in [5.74, 6) is -2.23. The molecule has 0 spiro atoms. The van der Waals surface area contributed by atoms with Gasteiger partial charge in [-0.3, -0.25) is 19.2 Å². The predicted octanol–water partition coefficient (Wildman–Crippen LogP) is 2.60. The maximum Gasteiger partial charge on any atom is 0.322 e. The maximum absolute atomic E-state index is 11.2. The number of rotatable bonds is 18. The highest BCUT2D eigenvalue weighted by Crippen LogP contribution is 2.08. The molecule has 0 radical (unpaired) electrons. The van der Waals surface area contributed by atoms with Crippen LogP contribution < -0.4 is 11.5 Å². The zero-order chi connectivity index (χ0) is 24.8. The molecule has 0 bridgehead atoms. The number of carboxylic acids is 2. The van der Waals surface area contributed by atoms with Crippen molar-refractivity contribution in [3.8, 4) is 0 Å². The smallest absolute Gasteiger partial charge is 0.322 e. The number of ether oxygens (including phenoxy) is 2. The molecule has 32 heavy (non-hydrogen) atoms. The van der Waals surface area contributed by atoms with Crippen molar-refractivity contribution in [3.63, 3.8) is 0 Å². The van der Waals surface area contributed by atoms with E-state index in [1.807, 2.05) is 0 Å². The summed E-state index contributed by atoms with van der Waals surface area (Å²) in [4.78, 5) is 42.7. The van der Waals surface area contributed by atoms with Gasteiger partial charge >= 0.3 is 23.9 Å². The first kappa shape index (κ1) is 32.0. The van der Waals surface area contributed by atoms with Crippen molar-refractivity contribution in [1.82, 2.24) is 0 Å². The molecule has 0 aliphatic rings. The second-order valence-electron chi connectivity index (χ2n) is 7.41. The van der Waals surface area contributed by atoms with Gasteiger partial charge in [0.05, 0.1) is 13.2 Å². The lowest BCUT2D eigenvalue weighted by Crippen LogP contribution is -2.32. The molecule has 0 saturated carbocycles. The average Bonchev–Trinajstić information content (AvgIpc) is 2.73. The molecule has 1 unspecified atom stereocenters. The summed E-state index contributed by atoms with van der Waals surface area (Å²) in [6, 6.07) is -1.30. The van der Waals surface area contributed by atoms with Crippen LogP contribution in [0.4, 0.5) is 0 Å². The molecular formula is C22H42N2O8. The van der Waals surface area contributed by atoms with Gasteiger partial charge in [0.2, 0.25) is 0 Å². The van der Waals surface area contributed by atoms with Crippen molar-refractivity contribution >= 4 is 23.9 Å². The fourth-order valence-electron chi connectivity index (χ4n) is 2.70. The van der Waals surface area contributed by atoms with Crippen LogP contribution in [0.1, 0.15) is 90.9 Å². The number of carbonyl (C=O) groups is 4. The van der Waals surface area contributed by atoms with Gasteiger partial charge in [0.1, 0.15) is 12.1 Å². The third kappa shape index (κ3) is 22.5. The summed E-state index contributed by atoms with van der Waals surface area (Å²) >= 11 is 0.